The zero-order valence-electron chi connectivity index (χ0n) is 13.5. The van der Waals surface area contributed by atoms with Crippen molar-refractivity contribution in [2.45, 2.75) is 26.7 Å². The SMILES string of the molecule is CCOC(=O)C1=C(CCl)NC(C)=C(C(C)=O)C1c1ccccc1. The maximum Gasteiger partial charge on any atom is 0.336 e. The van der Waals surface area contributed by atoms with Crippen LogP contribution in [0, 0.1) is 0 Å². The molecule has 1 N–H and O–H groups in total. The molecule has 1 unspecified atom stereocenters. The van der Waals surface area contributed by atoms with Gasteiger partial charge in [-0.15, -0.1) is 11.6 Å². The smallest absolute Gasteiger partial charge is 0.336 e. The van der Waals surface area contributed by atoms with Crippen LogP contribution in [0.2, 0.25) is 0 Å². The molecule has 0 aliphatic carbocycles. The van der Waals surface area contributed by atoms with Crippen molar-refractivity contribution >= 4 is 23.4 Å². The third kappa shape index (κ3) is 3.48. The molecule has 0 spiro atoms. The molecular weight excluding hydrogens is 314 g/mol. The molecule has 2 rings (SSSR count). The van der Waals surface area contributed by atoms with E-state index in [4.69, 9.17) is 16.3 Å². The molecule has 4 nitrogen and oxygen atoms in total. The lowest BCUT2D eigenvalue weighted by atomic mass is 9.79. The predicted molar refractivity (Wildman–Crippen MR) is 90.1 cm³/mol. The van der Waals surface area contributed by atoms with Gasteiger partial charge in [-0.05, 0) is 26.3 Å². The van der Waals surface area contributed by atoms with Crippen LogP contribution in [-0.2, 0) is 14.3 Å². The first-order valence-electron chi connectivity index (χ1n) is 7.51. The lowest BCUT2D eigenvalue weighted by Crippen LogP contribution is -2.32. The molecule has 1 aliphatic heterocycles. The Kier molecular flexibility index (Phi) is 5.61. The second-order valence-electron chi connectivity index (χ2n) is 5.31. The number of allylic oxidation sites excluding steroid dienone is 3. The monoisotopic (exact) mass is 333 g/mol. The van der Waals surface area contributed by atoms with Crippen molar-refractivity contribution in [3.63, 3.8) is 0 Å². The highest BCUT2D eigenvalue weighted by Crippen LogP contribution is 2.39. The molecule has 1 aromatic rings. The zero-order chi connectivity index (χ0) is 17.0. The molecule has 0 saturated heterocycles. The van der Waals surface area contributed by atoms with Gasteiger partial charge in [0.1, 0.15) is 0 Å². The third-order valence-electron chi connectivity index (χ3n) is 3.79. The molecule has 0 aromatic heterocycles. The molecule has 0 saturated carbocycles. The van der Waals surface area contributed by atoms with Crippen LogP contribution in [0.25, 0.3) is 0 Å². The Hall–Kier alpha value is -2.07. The molecule has 122 valence electrons. The number of benzene rings is 1. The summed E-state index contributed by atoms with van der Waals surface area (Å²) in [6.45, 7) is 5.34. The van der Waals surface area contributed by atoms with Crippen molar-refractivity contribution in [2.24, 2.45) is 0 Å². The number of hydrogen-bond donors (Lipinski definition) is 1. The van der Waals surface area contributed by atoms with Gasteiger partial charge in [-0.1, -0.05) is 30.3 Å². The van der Waals surface area contributed by atoms with Crippen LogP contribution in [0.3, 0.4) is 0 Å². The average molecular weight is 334 g/mol. The number of ether oxygens (including phenoxy) is 1. The summed E-state index contributed by atoms with van der Waals surface area (Å²) in [6.07, 6.45) is 0. The Morgan fingerprint density at radius 2 is 1.87 bits per heavy atom. The van der Waals surface area contributed by atoms with Crippen LogP contribution in [0.15, 0.2) is 52.9 Å². The summed E-state index contributed by atoms with van der Waals surface area (Å²) in [5.41, 5.74) is 3.14. The number of dihydropyridines is 1. The number of carbonyl (C=O) groups is 2. The van der Waals surface area contributed by atoms with E-state index in [0.717, 1.165) is 11.3 Å². The van der Waals surface area contributed by atoms with E-state index in [0.29, 0.717) is 16.8 Å². The van der Waals surface area contributed by atoms with Gasteiger partial charge in [-0.25, -0.2) is 4.79 Å². The van der Waals surface area contributed by atoms with E-state index in [2.05, 4.69) is 5.32 Å². The molecule has 0 amide bonds. The maximum absolute atomic E-state index is 12.5. The van der Waals surface area contributed by atoms with Crippen molar-refractivity contribution in [2.75, 3.05) is 12.5 Å². The molecule has 5 heteroatoms. The van der Waals surface area contributed by atoms with Gasteiger partial charge in [0.05, 0.1) is 18.1 Å². The lowest BCUT2D eigenvalue weighted by Gasteiger charge is -2.31. The van der Waals surface area contributed by atoms with E-state index in [1.54, 1.807) is 6.92 Å². The minimum absolute atomic E-state index is 0.0840. The summed E-state index contributed by atoms with van der Waals surface area (Å²) in [5, 5.41) is 3.09. The molecule has 0 fully saturated rings. The largest absolute Gasteiger partial charge is 0.463 e. The zero-order valence-corrected chi connectivity index (χ0v) is 14.2. The van der Waals surface area contributed by atoms with Crippen LogP contribution in [0.5, 0.6) is 0 Å². The van der Waals surface area contributed by atoms with E-state index >= 15 is 0 Å². The van der Waals surface area contributed by atoms with E-state index in [9.17, 15) is 9.59 Å². The Labute approximate surface area is 141 Å². The summed E-state index contributed by atoms with van der Waals surface area (Å²) in [5.74, 6) is -0.863. The average Bonchev–Trinajstić information content (AvgIpc) is 2.54. The van der Waals surface area contributed by atoms with Crippen molar-refractivity contribution in [1.29, 1.82) is 0 Å². The highest BCUT2D eigenvalue weighted by atomic mass is 35.5. The molecule has 1 atom stereocenters. The van der Waals surface area contributed by atoms with Crippen LogP contribution in [0.1, 0.15) is 32.3 Å². The number of hydrogen-bond acceptors (Lipinski definition) is 4. The van der Waals surface area contributed by atoms with E-state index in [1.165, 1.54) is 6.92 Å². The van der Waals surface area contributed by atoms with Gasteiger partial charge in [0, 0.05) is 22.9 Å². The van der Waals surface area contributed by atoms with Crippen LogP contribution >= 0.6 is 11.6 Å². The van der Waals surface area contributed by atoms with Gasteiger partial charge in [0.15, 0.2) is 5.78 Å². The lowest BCUT2D eigenvalue weighted by molar-refractivity contribution is -0.138. The summed E-state index contributed by atoms with van der Waals surface area (Å²) in [4.78, 5) is 24.7. The fraction of sp³-hybridized carbons (Fsp3) is 0.333. The summed E-state index contributed by atoms with van der Waals surface area (Å²) in [6, 6.07) is 9.46. The van der Waals surface area contributed by atoms with Crippen LogP contribution in [0.4, 0.5) is 0 Å². The number of alkyl halides is 1. The second-order valence-corrected chi connectivity index (χ2v) is 5.58. The van der Waals surface area contributed by atoms with Crippen molar-refractivity contribution in [3.8, 4) is 0 Å². The van der Waals surface area contributed by atoms with Gasteiger partial charge in [0.2, 0.25) is 0 Å². The number of ketones is 1. The van der Waals surface area contributed by atoms with Gasteiger partial charge >= 0.3 is 5.97 Å². The number of Topliss-reactive ketones (excluding diaryl/α,β-unsaturated/α-hetero) is 1. The standard InChI is InChI=1S/C18H20ClNO3/c1-4-23-18(22)17-14(10-19)20-11(2)15(12(3)21)16(17)13-8-6-5-7-9-13/h5-9,16,20H,4,10H2,1-3H3. The first kappa shape index (κ1) is 17.3. The number of halogens is 1. The van der Waals surface area contributed by atoms with Gasteiger partial charge < -0.3 is 10.1 Å². The fourth-order valence-corrected chi connectivity index (χ4v) is 3.11. The molecule has 1 aliphatic rings. The Balaban J connectivity index is 2.66. The van der Waals surface area contributed by atoms with Gasteiger partial charge in [-0.2, -0.15) is 0 Å². The molecule has 0 bridgehead atoms. The topological polar surface area (TPSA) is 55.4 Å². The minimum Gasteiger partial charge on any atom is -0.463 e. The van der Waals surface area contributed by atoms with Crippen molar-refractivity contribution in [3.05, 3.63) is 58.4 Å². The maximum atomic E-state index is 12.5. The van der Waals surface area contributed by atoms with Gasteiger partial charge in [-0.3, -0.25) is 4.79 Å². The van der Waals surface area contributed by atoms with Crippen LogP contribution < -0.4 is 5.32 Å². The predicted octanol–water partition coefficient (Wildman–Crippen LogP) is 3.29. The van der Waals surface area contributed by atoms with Gasteiger partial charge in [0.25, 0.3) is 0 Å². The van der Waals surface area contributed by atoms with Crippen molar-refractivity contribution in [1.82, 2.24) is 5.32 Å². The normalized spacial score (nSPS) is 17.8. The third-order valence-corrected chi connectivity index (χ3v) is 4.05. The molecule has 0 radical (unpaired) electrons. The van der Waals surface area contributed by atoms with E-state index < -0.39 is 11.9 Å². The number of nitrogens with one attached hydrogen (secondary N) is 1. The quantitative estimate of drug-likeness (QED) is 0.663. The first-order chi connectivity index (χ1) is 11.0. The highest BCUT2D eigenvalue weighted by Gasteiger charge is 2.36. The summed E-state index contributed by atoms with van der Waals surface area (Å²) in [7, 11) is 0. The first-order valence-corrected chi connectivity index (χ1v) is 8.04. The fourth-order valence-electron chi connectivity index (χ4n) is 2.90. The summed E-state index contributed by atoms with van der Waals surface area (Å²) >= 11 is 6.03. The van der Waals surface area contributed by atoms with E-state index in [1.807, 2.05) is 37.3 Å². The highest BCUT2D eigenvalue weighted by molar-refractivity contribution is 6.20. The van der Waals surface area contributed by atoms with Crippen LogP contribution in [-0.4, -0.2) is 24.2 Å². The van der Waals surface area contributed by atoms with E-state index in [-0.39, 0.29) is 18.3 Å². The Morgan fingerprint density at radius 3 is 2.39 bits per heavy atom. The Bertz CT molecular complexity index is 677. The molecule has 23 heavy (non-hydrogen) atoms. The minimum atomic E-state index is -0.470. The number of carbonyl (C=O) groups excluding carboxylic acids is 2. The number of esters is 1. The Morgan fingerprint density at radius 1 is 1.22 bits per heavy atom. The molecular formula is C18H20ClNO3. The molecule has 1 heterocycles. The number of rotatable bonds is 5. The van der Waals surface area contributed by atoms with Crippen molar-refractivity contribution < 1.29 is 14.3 Å². The molecule has 1 aromatic carbocycles. The second kappa shape index (κ2) is 7.47. The summed E-state index contributed by atoms with van der Waals surface area (Å²) < 4.78 is 5.20.